The highest BCUT2D eigenvalue weighted by Crippen LogP contribution is 2.58. The number of hydrogen-bond donors (Lipinski definition) is 0. The molecule has 4 aliphatic rings. The predicted molar refractivity (Wildman–Crippen MR) is 207 cm³/mol. The largest absolute Gasteiger partial charge is 0.337 e. The van der Waals surface area contributed by atoms with E-state index in [0.29, 0.717) is 0 Å². The first-order valence-corrected chi connectivity index (χ1v) is 17.7. The van der Waals surface area contributed by atoms with Gasteiger partial charge in [-0.3, -0.25) is 0 Å². The number of allylic oxidation sites excluding steroid dienone is 1. The van der Waals surface area contributed by atoms with E-state index in [9.17, 15) is 0 Å². The Labute approximate surface area is 298 Å². The Kier molecular flexibility index (Phi) is 6.65. The zero-order valence-corrected chi connectivity index (χ0v) is 28.6. The number of aryl methyl sites for hydroxylation is 1. The summed E-state index contributed by atoms with van der Waals surface area (Å²) in [4.78, 5) is 17.7. The van der Waals surface area contributed by atoms with Gasteiger partial charge < -0.3 is 14.7 Å². The summed E-state index contributed by atoms with van der Waals surface area (Å²) in [6.45, 7) is 6.89. The van der Waals surface area contributed by atoms with Gasteiger partial charge in [0.05, 0.1) is 17.6 Å². The summed E-state index contributed by atoms with van der Waals surface area (Å²) in [5, 5.41) is 7.82. The van der Waals surface area contributed by atoms with E-state index in [4.69, 9.17) is 21.6 Å². The first kappa shape index (κ1) is 29.7. The quantitative estimate of drug-likeness (QED) is 0.188. The third kappa shape index (κ3) is 4.40. The second-order valence-electron chi connectivity index (χ2n) is 13.9. The fourth-order valence-corrected chi connectivity index (χ4v) is 8.91. The minimum Gasteiger partial charge on any atom is -0.337 e. The van der Waals surface area contributed by atoms with Crippen LogP contribution in [0.4, 0.5) is 28.6 Å². The number of para-hydroxylation sites is 3. The smallest absolute Gasteiger partial charge is 0.162 e. The van der Waals surface area contributed by atoms with Crippen molar-refractivity contribution in [2.75, 3.05) is 26.8 Å². The summed E-state index contributed by atoms with van der Waals surface area (Å²) >= 11 is 0. The fourth-order valence-electron chi connectivity index (χ4n) is 8.91. The highest BCUT2D eigenvalue weighted by atomic mass is 15.6. The van der Waals surface area contributed by atoms with E-state index in [0.717, 1.165) is 74.5 Å². The average molecular weight is 664 g/mol. The normalized spacial score (nSPS) is 21.5. The molecule has 7 heteroatoms. The topological polar surface area (TPSA) is 51.1 Å². The van der Waals surface area contributed by atoms with E-state index < -0.39 is 0 Å². The van der Waals surface area contributed by atoms with Crippen LogP contribution >= 0.6 is 0 Å². The van der Waals surface area contributed by atoms with Gasteiger partial charge in [-0.1, -0.05) is 116 Å². The molecule has 0 N–H and O–H groups in total. The molecule has 4 unspecified atom stereocenters. The van der Waals surface area contributed by atoms with Crippen molar-refractivity contribution >= 4 is 40.0 Å². The van der Waals surface area contributed by atoms with E-state index in [1.165, 1.54) is 5.56 Å². The third-order valence-corrected chi connectivity index (χ3v) is 11.2. The van der Waals surface area contributed by atoms with Crippen molar-refractivity contribution in [3.63, 3.8) is 0 Å². The number of nitrogens with zero attached hydrogens (tertiary/aromatic N) is 7. The van der Waals surface area contributed by atoms with Crippen molar-refractivity contribution in [1.29, 1.82) is 0 Å². The molecule has 51 heavy (non-hydrogen) atoms. The lowest BCUT2D eigenvalue weighted by molar-refractivity contribution is 0.280. The molecule has 248 valence electrons. The molecule has 4 aliphatic heterocycles. The Balaban J connectivity index is 1.23. The van der Waals surface area contributed by atoms with Gasteiger partial charge in [0.2, 0.25) is 0 Å². The molecule has 7 nitrogen and oxygen atoms in total. The van der Waals surface area contributed by atoms with Gasteiger partial charge in [0.15, 0.2) is 17.5 Å². The molecule has 0 saturated heterocycles. The summed E-state index contributed by atoms with van der Waals surface area (Å²) in [5.74, 6) is 2.76. The van der Waals surface area contributed by atoms with E-state index in [2.05, 4.69) is 167 Å². The van der Waals surface area contributed by atoms with Crippen molar-refractivity contribution in [2.45, 2.75) is 31.6 Å². The zero-order chi connectivity index (χ0) is 34.2. The first-order valence-electron chi connectivity index (χ1n) is 17.7. The van der Waals surface area contributed by atoms with Crippen LogP contribution in [0.2, 0.25) is 0 Å². The predicted octanol–water partition coefficient (Wildman–Crippen LogP) is 9.21. The zero-order valence-electron chi connectivity index (χ0n) is 28.6. The van der Waals surface area contributed by atoms with Gasteiger partial charge in [0.25, 0.3) is 0 Å². The summed E-state index contributed by atoms with van der Waals surface area (Å²) in [6.07, 6.45) is 2.59. The fraction of sp³-hybridized carbons (Fsp3) is 0.159. The number of amidine groups is 1. The lowest BCUT2D eigenvalue weighted by Gasteiger charge is -2.52. The Morgan fingerprint density at radius 2 is 1.33 bits per heavy atom. The van der Waals surface area contributed by atoms with E-state index >= 15 is 0 Å². The molecular weight excluding hydrogens is 627 g/mol. The lowest BCUT2D eigenvalue weighted by atomic mass is 9.72. The van der Waals surface area contributed by atoms with Crippen molar-refractivity contribution in [3.05, 3.63) is 168 Å². The maximum atomic E-state index is 5.53. The highest BCUT2D eigenvalue weighted by Gasteiger charge is 2.57. The molecule has 0 fully saturated rings. The average Bonchev–Trinajstić information content (AvgIpc) is 3.71. The highest BCUT2D eigenvalue weighted by molar-refractivity contribution is 6.13. The van der Waals surface area contributed by atoms with Crippen molar-refractivity contribution < 1.29 is 0 Å². The maximum absolute atomic E-state index is 5.53. The Hall–Kier alpha value is -6.21. The van der Waals surface area contributed by atoms with Crippen LogP contribution in [-0.2, 0) is 0 Å². The van der Waals surface area contributed by atoms with Crippen LogP contribution in [0.3, 0.4) is 0 Å². The van der Waals surface area contributed by atoms with Crippen LogP contribution in [0.5, 0.6) is 0 Å². The van der Waals surface area contributed by atoms with Crippen LogP contribution in [-0.4, -0.2) is 35.2 Å². The SMILES string of the molecule is C=C1CC2c3ccccc3N3N=C(c4ccccc4)N(c4ccccc4)C3C2C2N(C)c3nc(-c4ccccc4C)ncc3N2c2ccccc21. The van der Waals surface area contributed by atoms with Crippen LogP contribution in [0.1, 0.15) is 34.6 Å². The number of anilines is 5. The Morgan fingerprint density at radius 1 is 0.667 bits per heavy atom. The molecule has 5 aromatic carbocycles. The molecule has 6 aromatic rings. The third-order valence-electron chi connectivity index (χ3n) is 11.2. The number of rotatable bonds is 3. The summed E-state index contributed by atoms with van der Waals surface area (Å²) in [7, 11) is 2.21. The molecule has 0 bridgehead atoms. The van der Waals surface area contributed by atoms with Gasteiger partial charge in [-0.15, -0.1) is 0 Å². The van der Waals surface area contributed by atoms with Crippen LogP contribution < -0.4 is 19.7 Å². The number of benzene rings is 5. The Bertz CT molecular complexity index is 2350. The second-order valence-corrected chi connectivity index (χ2v) is 13.9. The number of hydrogen-bond acceptors (Lipinski definition) is 7. The molecule has 0 amide bonds. The molecule has 0 saturated carbocycles. The molecule has 1 aromatic heterocycles. The van der Waals surface area contributed by atoms with Gasteiger partial charge in [0.1, 0.15) is 18.0 Å². The first-order chi connectivity index (χ1) is 25.1. The summed E-state index contributed by atoms with van der Waals surface area (Å²) in [5.41, 5.74) is 11.2. The summed E-state index contributed by atoms with van der Waals surface area (Å²) in [6, 6.07) is 47.2. The van der Waals surface area contributed by atoms with Gasteiger partial charge in [0, 0.05) is 41.3 Å². The monoisotopic (exact) mass is 663 g/mol. The van der Waals surface area contributed by atoms with E-state index in [1.807, 2.05) is 6.20 Å². The molecule has 0 spiro atoms. The minimum absolute atomic E-state index is 0.0243. The van der Waals surface area contributed by atoms with E-state index in [1.54, 1.807) is 0 Å². The summed E-state index contributed by atoms with van der Waals surface area (Å²) < 4.78 is 0. The number of fused-ring (bicyclic) bond motifs is 12. The van der Waals surface area contributed by atoms with Gasteiger partial charge in [-0.25, -0.2) is 15.0 Å². The maximum Gasteiger partial charge on any atom is 0.162 e. The second kappa shape index (κ2) is 11.4. The van der Waals surface area contributed by atoms with Gasteiger partial charge >= 0.3 is 0 Å². The van der Waals surface area contributed by atoms with Crippen molar-refractivity contribution in [3.8, 4) is 11.4 Å². The van der Waals surface area contributed by atoms with Crippen LogP contribution in [0.25, 0.3) is 17.0 Å². The molecule has 10 rings (SSSR count). The van der Waals surface area contributed by atoms with Crippen LogP contribution in [0.15, 0.2) is 151 Å². The molecule has 0 radical (unpaired) electrons. The Morgan fingerprint density at radius 3 is 2.12 bits per heavy atom. The molecule has 0 aliphatic carbocycles. The molecule has 4 atom stereocenters. The number of aromatic nitrogens is 2. The minimum atomic E-state index is -0.145. The lowest BCUT2D eigenvalue weighted by Crippen LogP contribution is -2.61. The standard InChI is InChI=1S/C44H37N7/c1-28-16-10-11-22-33(28)40-45-27-38-42(46-40)48(3)43-39-35(26-29(2)32-21-12-14-24-36(32)50(38)43)34-23-13-15-25-37(34)51-44(39)49(31-19-8-5-9-20-31)41(47-51)30-17-6-4-7-18-30/h4-25,27,35,39,43-44H,2,26H2,1,3H3. The van der Waals surface area contributed by atoms with Gasteiger partial charge in [-0.2, -0.15) is 5.10 Å². The molecule has 5 heterocycles. The van der Waals surface area contributed by atoms with Crippen molar-refractivity contribution in [2.24, 2.45) is 11.0 Å². The van der Waals surface area contributed by atoms with Crippen LogP contribution in [0, 0.1) is 12.8 Å². The van der Waals surface area contributed by atoms with Crippen molar-refractivity contribution in [1.82, 2.24) is 9.97 Å². The molecular formula is C44H37N7. The van der Waals surface area contributed by atoms with Gasteiger partial charge in [-0.05, 0) is 54.3 Å². The number of hydrazone groups is 1. The van der Waals surface area contributed by atoms with E-state index in [-0.39, 0.29) is 24.2 Å².